The van der Waals surface area contributed by atoms with Crippen molar-refractivity contribution in [2.45, 2.75) is 25.3 Å². The maximum atomic E-state index is 11.8. The molecule has 1 heterocycles. The Morgan fingerprint density at radius 2 is 2.00 bits per heavy atom. The molecule has 0 amide bonds. The predicted molar refractivity (Wildman–Crippen MR) is 80.4 cm³/mol. The van der Waals surface area contributed by atoms with Crippen LogP contribution >= 0.6 is 0 Å². The van der Waals surface area contributed by atoms with E-state index in [1.807, 2.05) is 13.1 Å². The fraction of sp³-hybridized carbons (Fsp3) is 0.562. The first-order chi connectivity index (χ1) is 10.0. The first-order valence-corrected chi connectivity index (χ1v) is 7.11. The van der Waals surface area contributed by atoms with Gasteiger partial charge in [-0.15, -0.1) is 0 Å². The number of benzene rings is 1. The second kappa shape index (κ2) is 6.45. The first-order valence-electron chi connectivity index (χ1n) is 7.11. The average Bonchev–Trinajstić information content (AvgIpc) is 2.86. The van der Waals surface area contributed by atoms with Crippen LogP contribution in [-0.4, -0.2) is 56.3 Å². The Balaban J connectivity index is 2.51. The van der Waals surface area contributed by atoms with Crippen molar-refractivity contribution in [2.24, 2.45) is 0 Å². The number of hydrogen-bond acceptors (Lipinski definition) is 5. The van der Waals surface area contributed by atoms with E-state index in [4.69, 9.17) is 9.47 Å². The van der Waals surface area contributed by atoms with Crippen LogP contribution in [0.5, 0.6) is 11.5 Å². The highest BCUT2D eigenvalue weighted by Crippen LogP contribution is 2.40. The molecule has 116 valence electrons. The Morgan fingerprint density at radius 1 is 1.33 bits per heavy atom. The number of ether oxygens (including phenoxy) is 2. The SMILES string of the molecule is COc1cc(OC)c(C2CCN(C)C2CO)cc1C(C)=O. The molecule has 1 aliphatic rings. The topological polar surface area (TPSA) is 59.0 Å². The van der Waals surface area contributed by atoms with Crippen LogP contribution in [-0.2, 0) is 0 Å². The molecule has 0 aliphatic carbocycles. The fourth-order valence-corrected chi connectivity index (χ4v) is 3.13. The Morgan fingerprint density at radius 3 is 2.52 bits per heavy atom. The van der Waals surface area contributed by atoms with Crippen LogP contribution in [0.2, 0.25) is 0 Å². The summed E-state index contributed by atoms with van der Waals surface area (Å²) in [6.07, 6.45) is 0.932. The van der Waals surface area contributed by atoms with Crippen molar-refractivity contribution < 1.29 is 19.4 Å². The molecule has 1 aromatic carbocycles. The Labute approximate surface area is 125 Å². The highest BCUT2D eigenvalue weighted by molar-refractivity contribution is 5.97. The quantitative estimate of drug-likeness (QED) is 0.837. The molecule has 0 spiro atoms. The van der Waals surface area contributed by atoms with Crippen LogP contribution in [0.3, 0.4) is 0 Å². The van der Waals surface area contributed by atoms with Gasteiger partial charge in [-0.2, -0.15) is 0 Å². The maximum absolute atomic E-state index is 11.8. The van der Waals surface area contributed by atoms with Gasteiger partial charge in [0.1, 0.15) is 11.5 Å². The zero-order valence-corrected chi connectivity index (χ0v) is 13.0. The van der Waals surface area contributed by atoms with E-state index >= 15 is 0 Å². The van der Waals surface area contributed by atoms with Crippen molar-refractivity contribution >= 4 is 5.78 Å². The standard InChI is InChI=1S/C16H23NO4/c1-10(19)12-7-13(16(21-4)8-15(12)20-3)11-5-6-17(2)14(11)9-18/h7-8,11,14,18H,5-6,9H2,1-4H3. The number of methoxy groups -OCH3 is 2. The van der Waals surface area contributed by atoms with E-state index in [9.17, 15) is 9.90 Å². The number of likely N-dealkylation sites (N-methyl/N-ethyl adjacent to an activating group) is 1. The smallest absolute Gasteiger partial charge is 0.163 e. The lowest BCUT2D eigenvalue weighted by Gasteiger charge is -2.25. The van der Waals surface area contributed by atoms with E-state index in [1.54, 1.807) is 20.3 Å². The minimum atomic E-state index is -0.0392. The maximum Gasteiger partial charge on any atom is 0.163 e. The third-order valence-electron chi connectivity index (χ3n) is 4.34. The van der Waals surface area contributed by atoms with Crippen LogP contribution in [0.25, 0.3) is 0 Å². The summed E-state index contributed by atoms with van der Waals surface area (Å²) in [6.45, 7) is 2.53. The van der Waals surface area contributed by atoms with Crippen molar-refractivity contribution in [2.75, 3.05) is 34.4 Å². The van der Waals surface area contributed by atoms with Crippen LogP contribution in [0.4, 0.5) is 0 Å². The molecule has 0 saturated carbocycles. The van der Waals surface area contributed by atoms with Gasteiger partial charge >= 0.3 is 0 Å². The summed E-state index contributed by atoms with van der Waals surface area (Å²) < 4.78 is 10.8. The van der Waals surface area contributed by atoms with Gasteiger partial charge in [0.15, 0.2) is 5.78 Å². The number of carbonyl (C=O) groups is 1. The Kier molecular flexibility index (Phi) is 4.85. The summed E-state index contributed by atoms with van der Waals surface area (Å²) in [4.78, 5) is 14.0. The second-order valence-corrected chi connectivity index (χ2v) is 5.48. The van der Waals surface area contributed by atoms with Gasteiger partial charge in [0, 0.05) is 18.0 Å². The molecule has 1 fully saturated rings. The molecule has 0 radical (unpaired) electrons. The summed E-state index contributed by atoms with van der Waals surface area (Å²) in [7, 11) is 5.15. The van der Waals surface area contributed by atoms with Crippen molar-refractivity contribution in [1.82, 2.24) is 4.90 Å². The van der Waals surface area contributed by atoms with E-state index in [2.05, 4.69) is 4.90 Å². The van der Waals surface area contributed by atoms with Crippen LogP contribution in [0.15, 0.2) is 12.1 Å². The van der Waals surface area contributed by atoms with Crippen molar-refractivity contribution in [3.8, 4) is 11.5 Å². The third-order valence-corrected chi connectivity index (χ3v) is 4.34. The third kappa shape index (κ3) is 2.89. The lowest BCUT2D eigenvalue weighted by Crippen LogP contribution is -2.32. The van der Waals surface area contributed by atoms with Gasteiger partial charge in [0.25, 0.3) is 0 Å². The lowest BCUT2D eigenvalue weighted by atomic mass is 9.89. The minimum Gasteiger partial charge on any atom is -0.496 e. The van der Waals surface area contributed by atoms with Gasteiger partial charge in [-0.1, -0.05) is 0 Å². The fourth-order valence-electron chi connectivity index (χ4n) is 3.13. The molecule has 1 aromatic rings. The van der Waals surface area contributed by atoms with Gasteiger partial charge in [0.2, 0.25) is 0 Å². The summed E-state index contributed by atoms with van der Waals surface area (Å²) in [5, 5.41) is 9.64. The highest BCUT2D eigenvalue weighted by atomic mass is 16.5. The molecular formula is C16H23NO4. The zero-order chi connectivity index (χ0) is 15.6. The van der Waals surface area contributed by atoms with Crippen LogP contribution in [0, 0.1) is 0 Å². The molecule has 1 N–H and O–H groups in total. The number of aliphatic hydroxyl groups excluding tert-OH is 1. The number of hydrogen-bond donors (Lipinski definition) is 1. The van der Waals surface area contributed by atoms with Gasteiger partial charge in [-0.25, -0.2) is 0 Å². The molecule has 0 bridgehead atoms. The van der Waals surface area contributed by atoms with Gasteiger partial charge in [0.05, 0.1) is 26.4 Å². The lowest BCUT2D eigenvalue weighted by molar-refractivity contribution is 0.101. The molecule has 2 unspecified atom stereocenters. The largest absolute Gasteiger partial charge is 0.496 e. The number of carbonyl (C=O) groups excluding carboxylic acids is 1. The number of ketones is 1. The number of Topliss-reactive ketones (excluding diaryl/α,β-unsaturated/α-hetero) is 1. The number of aliphatic hydroxyl groups is 1. The zero-order valence-electron chi connectivity index (χ0n) is 13.0. The van der Waals surface area contributed by atoms with E-state index in [-0.39, 0.29) is 24.3 Å². The molecule has 2 atom stereocenters. The molecular weight excluding hydrogens is 270 g/mol. The molecule has 1 aliphatic heterocycles. The van der Waals surface area contributed by atoms with Crippen LogP contribution < -0.4 is 9.47 Å². The molecule has 1 saturated heterocycles. The summed E-state index contributed by atoms with van der Waals surface area (Å²) in [5.41, 5.74) is 1.52. The predicted octanol–water partition coefficient (Wildman–Crippen LogP) is 1.69. The summed E-state index contributed by atoms with van der Waals surface area (Å²) in [6, 6.07) is 3.66. The number of likely N-dealkylation sites (tertiary alicyclic amines) is 1. The number of rotatable bonds is 5. The van der Waals surface area contributed by atoms with Crippen molar-refractivity contribution in [3.63, 3.8) is 0 Å². The molecule has 0 aromatic heterocycles. The van der Waals surface area contributed by atoms with E-state index < -0.39 is 0 Å². The molecule has 21 heavy (non-hydrogen) atoms. The van der Waals surface area contributed by atoms with Gasteiger partial charge < -0.3 is 19.5 Å². The Hall–Kier alpha value is -1.59. The minimum absolute atomic E-state index is 0.0392. The monoisotopic (exact) mass is 293 g/mol. The summed E-state index contributed by atoms with van der Waals surface area (Å²) in [5.74, 6) is 1.34. The Bertz CT molecular complexity index is 529. The average molecular weight is 293 g/mol. The van der Waals surface area contributed by atoms with Crippen molar-refractivity contribution in [3.05, 3.63) is 23.3 Å². The van der Waals surface area contributed by atoms with E-state index in [0.29, 0.717) is 17.1 Å². The van der Waals surface area contributed by atoms with Crippen LogP contribution in [0.1, 0.15) is 35.2 Å². The normalized spacial score (nSPS) is 22.3. The molecule has 5 heteroatoms. The molecule has 2 rings (SSSR count). The summed E-state index contributed by atoms with van der Waals surface area (Å²) >= 11 is 0. The molecule has 5 nitrogen and oxygen atoms in total. The van der Waals surface area contributed by atoms with E-state index in [1.165, 1.54) is 6.92 Å². The highest BCUT2D eigenvalue weighted by Gasteiger charge is 2.34. The second-order valence-electron chi connectivity index (χ2n) is 5.48. The first kappa shape index (κ1) is 15.8. The van der Waals surface area contributed by atoms with Crippen molar-refractivity contribution in [1.29, 1.82) is 0 Å². The van der Waals surface area contributed by atoms with Gasteiger partial charge in [-0.3, -0.25) is 4.79 Å². The van der Waals surface area contributed by atoms with Gasteiger partial charge in [-0.05, 0) is 38.6 Å². The van der Waals surface area contributed by atoms with E-state index in [0.717, 1.165) is 18.5 Å². The number of nitrogens with zero attached hydrogens (tertiary/aromatic N) is 1.